The van der Waals surface area contributed by atoms with Crippen molar-refractivity contribution >= 4 is 35.2 Å². The van der Waals surface area contributed by atoms with E-state index in [2.05, 4.69) is 24.5 Å². The molecule has 0 radical (unpaired) electrons. The number of carbonyl (C=O) groups excluding carboxylic acids is 4. The third-order valence-electron chi connectivity index (χ3n) is 5.99. The van der Waals surface area contributed by atoms with Crippen LogP contribution in [0.3, 0.4) is 0 Å². The quantitative estimate of drug-likeness (QED) is 0.375. The molecule has 1 aromatic carbocycles. The summed E-state index contributed by atoms with van der Waals surface area (Å²) >= 11 is 0. The van der Waals surface area contributed by atoms with Gasteiger partial charge in [-0.2, -0.15) is 14.3 Å². The van der Waals surface area contributed by atoms with Crippen molar-refractivity contribution in [3.63, 3.8) is 0 Å². The second-order valence-corrected chi connectivity index (χ2v) is 9.41. The summed E-state index contributed by atoms with van der Waals surface area (Å²) in [6, 6.07) is 6.91. The molecule has 35 heavy (non-hydrogen) atoms. The SMILES string of the molecule is Cc1cccc(NC(=O)C[N+]2=C3C=CC=CC3C(=O)N(CCCCC(=O)NCCC(C)C)C2=O)c1. The molecule has 8 nitrogen and oxygen atoms in total. The van der Waals surface area contributed by atoms with Crippen molar-refractivity contribution in [1.82, 2.24) is 10.2 Å². The van der Waals surface area contributed by atoms with Crippen LogP contribution in [0.15, 0.2) is 48.6 Å². The lowest BCUT2D eigenvalue weighted by Crippen LogP contribution is -2.55. The lowest BCUT2D eigenvalue weighted by atomic mass is 9.94. The third-order valence-corrected chi connectivity index (χ3v) is 5.99. The Morgan fingerprint density at radius 3 is 2.66 bits per heavy atom. The Labute approximate surface area is 206 Å². The first kappa shape index (κ1) is 26.1. The predicted molar refractivity (Wildman–Crippen MR) is 135 cm³/mol. The van der Waals surface area contributed by atoms with Gasteiger partial charge in [0.1, 0.15) is 11.6 Å². The molecule has 0 aromatic heterocycles. The summed E-state index contributed by atoms with van der Waals surface area (Å²) in [5.41, 5.74) is 2.17. The summed E-state index contributed by atoms with van der Waals surface area (Å²) in [6.45, 7) is 6.80. The smallest absolute Gasteiger partial charge is 0.356 e. The van der Waals surface area contributed by atoms with Crippen LogP contribution in [0.1, 0.15) is 45.1 Å². The molecule has 2 aliphatic rings. The Morgan fingerprint density at radius 1 is 1.11 bits per heavy atom. The van der Waals surface area contributed by atoms with Crippen LogP contribution < -0.4 is 10.6 Å². The highest BCUT2D eigenvalue weighted by Crippen LogP contribution is 2.20. The zero-order valence-electron chi connectivity index (χ0n) is 20.8. The highest BCUT2D eigenvalue weighted by atomic mass is 16.2. The van der Waals surface area contributed by atoms with E-state index < -0.39 is 11.9 Å². The number of amides is 5. The van der Waals surface area contributed by atoms with Gasteiger partial charge in [-0.3, -0.25) is 9.59 Å². The van der Waals surface area contributed by atoms with Crippen molar-refractivity contribution in [2.75, 3.05) is 25.0 Å². The number of fused-ring (bicyclic) bond motifs is 1. The molecule has 0 fully saturated rings. The maximum Gasteiger partial charge on any atom is 0.501 e. The van der Waals surface area contributed by atoms with Crippen LogP contribution in [0.5, 0.6) is 0 Å². The van der Waals surface area contributed by atoms with E-state index in [1.165, 1.54) is 9.48 Å². The van der Waals surface area contributed by atoms with Crippen molar-refractivity contribution in [2.24, 2.45) is 11.8 Å². The van der Waals surface area contributed by atoms with Gasteiger partial charge in [-0.05, 0) is 55.9 Å². The molecule has 1 heterocycles. The Kier molecular flexibility index (Phi) is 9.11. The first-order chi connectivity index (χ1) is 16.8. The molecule has 186 valence electrons. The highest BCUT2D eigenvalue weighted by Gasteiger charge is 2.46. The number of aryl methyl sites for hydroxylation is 1. The number of hydrogen-bond acceptors (Lipinski definition) is 4. The second-order valence-electron chi connectivity index (χ2n) is 9.41. The number of rotatable bonds is 11. The van der Waals surface area contributed by atoms with Crippen LogP contribution >= 0.6 is 0 Å². The van der Waals surface area contributed by atoms with Gasteiger partial charge in [0.2, 0.25) is 5.91 Å². The van der Waals surface area contributed by atoms with E-state index in [-0.39, 0.29) is 30.8 Å². The van der Waals surface area contributed by atoms with Crippen molar-refractivity contribution in [1.29, 1.82) is 0 Å². The van der Waals surface area contributed by atoms with Gasteiger partial charge in [0.05, 0.1) is 6.54 Å². The van der Waals surface area contributed by atoms with Gasteiger partial charge in [-0.25, -0.2) is 4.79 Å². The van der Waals surface area contributed by atoms with E-state index in [0.29, 0.717) is 43.1 Å². The van der Waals surface area contributed by atoms with E-state index in [9.17, 15) is 19.2 Å². The zero-order valence-corrected chi connectivity index (χ0v) is 20.8. The number of anilines is 1. The normalized spacial score (nSPS) is 17.1. The summed E-state index contributed by atoms with van der Waals surface area (Å²) in [5, 5.41) is 5.72. The van der Waals surface area contributed by atoms with Crippen molar-refractivity contribution < 1.29 is 23.8 Å². The molecule has 3 rings (SSSR count). The molecule has 8 heteroatoms. The van der Waals surface area contributed by atoms with Crippen LogP contribution in [0.25, 0.3) is 0 Å². The van der Waals surface area contributed by atoms with E-state index in [1.807, 2.05) is 25.1 Å². The molecule has 1 atom stereocenters. The monoisotopic (exact) mass is 479 g/mol. The van der Waals surface area contributed by atoms with Gasteiger partial charge < -0.3 is 10.6 Å². The number of benzene rings is 1. The minimum Gasteiger partial charge on any atom is -0.356 e. The molecule has 1 unspecified atom stereocenters. The molecule has 0 spiro atoms. The van der Waals surface area contributed by atoms with Crippen LogP contribution in [-0.2, 0) is 14.4 Å². The summed E-state index contributed by atoms with van der Waals surface area (Å²) in [4.78, 5) is 52.3. The number of nitrogens with zero attached hydrogens (tertiary/aromatic N) is 2. The fourth-order valence-corrected chi connectivity index (χ4v) is 4.09. The summed E-state index contributed by atoms with van der Waals surface area (Å²) in [5.74, 6) is -0.748. The number of allylic oxidation sites excluding steroid dienone is 3. The lowest BCUT2D eigenvalue weighted by molar-refractivity contribution is -0.427. The molecule has 0 saturated carbocycles. The first-order valence-electron chi connectivity index (χ1n) is 12.2. The van der Waals surface area contributed by atoms with Crippen molar-refractivity contribution in [3.8, 4) is 0 Å². The number of carbonyl (C=O) groups is 4. The van der Waals surface area contributed by atoms with Crippen molar-refractivity contribution in [3.05, 3.63) is 54.1 Å². The van der Waals surface area contributed by atoms with E-state index in [0.717, 1.165) is 12.0 Å². The minimum absolute atomic E-state index is 0.0210. The van der Waals surface area contributed by atoms with Crippen LogP contribution in [0.4, 0.5) is 10.5 Å². The van der Waals surface area contributed by atoms with Crippen LogP contribution in [-0.4, -0.2) is 58.6 Å². The Hall–Kier alpha value is -3.55. The number of nitrogens with one attached hydrogen (secondary N) is 2. The number of hydrogen-bond donors (Lipinski definition) is 2. The fourth-order valence-electron chi connectivity index (χ4n) is 4.09. The first-order valence-corrected chi connectivity index (χ1v) is 12.2. The largest absolute Gasteiger partial charge is 0.501 e. The minimum atomic E-state index is -0.608. The summed E-state index contributed by atoms with van der Waals surface area (Å²) in [6.07, 6.45) is 9.33. The molecule has 1 aliphatic heterocycles. The maximum atomic E-state index is 13.3. The molecule has 0 saturated heterocycles. The molecular formula is C27H35N4O4+. The predicted octanol–water partition coefficient (Wildman–Crippen LogP) is 3.42. The second kappa shape index (κ2) is 12.2. The molecular weight excluding hydrogens is 444 g/mol. The van der Waals surface area contributed by atoms with Gasteiger partial charge in [-0.15, -0.1) is 0 Å². The van der Waals surface area contributed by atoms with Crippen LogP contribution in [0.2, 0.25) is 0 Å². The molecule has 1 aliphatic carbocycles. The van der Waals surface area contributed by atoms with E-state index in [4.69, 9.17) is 0 Å². The lowest BCUT2D eigenvalue weighted by Gasteiger charge is -2.26. The van der Waals surface area contributed by atoms with Gasteiger partial charge in [0, 0.05) is 18.7 Å². The average molecular weight is 480 g/mol. The zero-order chi connectivity index (χ0) is 25.4. The Bertz CT molecular complexity index is 1070. The topological polar surface area (TPSA) is 98.6 Å². The van der Waals surface area contributed by atoms with E-state index >= 15 is 0 Å². The van der Waals surface area contributed by atoms with Gasteiger partial charge in [0.15, 0.2) is 6.54 Å². The molecule has 2 N–H and O–H groups in total. The standard InChI is InChI=1S/C27H34N4O4/c1-19(2)14-15-28-24(32)13-6-7-16-30-26(34)22-11-4-5-12-23(22)31(27(30)35)18-25(33)29-21-10-8-9-20(3)17-21/h4-5,8-12,17,19,22H,6-7,13-16,18H2,1-3H3,(H-,28,29,32,33)/p+1. The fraction of sp³-hybridized carbons (Fsp3) is 0.444. The average Bonchev–Trinajstić information content (AvgIpc) is 2.81. The maximum absolute atomic E-state index is 13.3. The Morgan fingerprint density at radius 2 is 1.91 bits per heavy atom. The third kappa shape index (κ3) is 7.21. The van der Waals surface area contributed by atoms with Crippen LogP contribution in [0, 0.1) is 18.8 Å². The van der Waals surface area contributed by atoms with Gasteiger partial charge in [0.25, 0.3) is 5.91 Å². The van der Waals surface area contributed by atoms with Gasteiger partial charge in [-0.1, -0.05) is 44.2 Å². The number of imide groups is 1. The molecule has 5 amide bonds. The summed E-state index contributed by atoms with van der Waals surface area (Å²) in [7, 11) is 0. The summed E-state index contributed by atoms with van der Waals surface area (Å²) < 4.78 is 1.37. The number of urea groups is 1. The number of unbranched alkanes of at least 4 members (excludes halogenated alkanes) is 1. The van der Waals surface area contributed by atoms with E-state index in [1.54, 1.807) is 30.4 Å². The van der Waals surface area contributed by atoms with Gasteiger partial charge >= 0.3 is 11.9 Å². The Balaban J connectivity index is 1.62. The highest BCUT2D eigenvalue weighted by molar-refractivity contribution is 6.17. The molecule has 1 aromatic rings. The molecule has 0 bridgehead atoms. The van der Waals surface area contributed by atoms with Crippen molar-refractivity contribution in [2.45, 2.75) is 46.5 Å².